The highest BCUT2D eigenvalue weighted by Gasteiger charge is 2.27. The van der Waals surface area contributed by atoms with E-state index in [0.29, 0.717) is 24.6 Å². The van der Waals surface area contributed by atoms with Crippen LogP contribution in [-0.4, -0.2) is 26.8 Å². The molecule has 0 spiro atoms. The Labute approximate surface area is 119 Å². The Balaban J connectivity index is 3.05. The van der Waals surface area contributed by atoms with Crippen molar-refractivity contribution in [2.24, 2.45) is 5.73 Å². The number of nitrogens with one attached hydrogen (secondary N) is 1. The maximum Gasteiger partial charge on any atom is 0.333 e. The minimum Gasteiger partial charge on any atom is -0.363 e. The van der Waals surface area contributed by atoms with E-state index in [1.54, 1.807) is 11.6 Å². The fourth-order valence-corrected chi connectivity index (χ4v) is 2.10. The molecule has 1 aromatic rings. The summed E-state index contributed by atoms with van der Waals surface area (Å²) in [4.78, 5) is 10.8. The molecular formula is C13H25N5O2. The third-order valence-corrected chi connectivity index (χ3v) is 3.73. The van der Waals surface area contributed by atoms with Crippen molar-refractivity contribution >= 4 is 11.5 Å². The van der Waals surface area contributed by atoms with Crippen LogP contribution in [-0.2, 0) is 6.54 Å². The van der Waals surface area contributed by atoms with Crippen molar-refractivity contribution in [3.05, 3.63) is 15.8 Å². The first kappa shape index (κ1) is 16.4. The maximum absolute atomic E-state index is 11.2. The van der Waals surface area contributed by atoms with Gasteiger partial charge in [-0.25, -0.2) is 4.68 Å². The van der Waals surface area contributed by atoms with Crippen LogP contribution in [0.4, 0.5) is 11.5 Å². The van der Waals surface area contributed by atoms with Crippen LogP contribution in [0.1, 0.15) is 45.7 Å². The minimum atomic E-state index is -0.382. The summed E-state index contributed by atoms with van der Waals surface area (Å²) in [7, 11) is 0. The lowest BCUT2D eigenvalue weighted by molar-refractivity contribution is -0.384. The monoisotopic (exact) mass is 283 g/mol. The molecule has 7 nitrogen and oxygen atoms in total. The normalized spacial score (nSPS) is 11.7. The van der Waals surface area contributed by atoms with Gasteiger partial charge in [0.1, 0.15) is 5.69 Å². The Kier molecular flexibility index (Phi) is 5.50. The standard InChI is InChI=1S/C13H25N5O2/c1-5-8-17-12(11(18(19)20)10(4)16-17)15-9-13(14,6-2)7-3/h15H,5-9,14H2,1-4H3. The second-order valence-electron chi connectivity index (χ2n) is 5.19. The highest BCUT2D eigenvalue weighted by Crippen LogP contribution is 2.29. The van der Waals surface area contributed by atoms with E-state index in [1.165, 1.54) is 0 Å². The topological polar surface area (TPSA) is 99.0 Å². The van der Waals surface area contributed by atoms with Crippen LogP contribution < -0.4 is 11.1 Å². The summed E-state index contributed by atoms with van der Waals surface area (Å²) < 4.78 is 1.67. The number of nitrogens with zero attached hydrogens (tertiary/aromatic N) is 3. The SMILES string of the molecule is CCCn1nc(C)c([N+](=O)[O-])c1NCC(N)(CC)CC. The quantitative estimate of drug-likeness (QED) is 0.564. The highest BCUT2D eigenvalue weighted by molar-refractivity contribution is 5.59. The van der Waals surface area contributed by atoms with Crippen LogP contribution in [0.2, 0.25) is 0 Å². The molecule has 20 heavy (non-hydrogen) atoms. The smallest absolute Gasteiger partial charge is 0.333 e. The molecule has 0 saturated heterocycles. The number of aromatic nitrogens is 2. The van der Waals surface area contributed by atoms with E-state index in [4.69, 9.17) is 5.73 Å². The number of hydrogen-bond acceptors (Lipinski definition) is 5. The molecule has 0 atom stereocenters. The molecule has 0 aliphatic carbocycles. The molecule has 1 heterocycles. The minimum absolute atomic E-state index is 0.0491. The van der Waals surface area contributed by atoms with Crippen LogP contribution in [0, 0.1) is 17.0 Å². The van der Waals surface area contributed by atoms with Gasteiger partial charge in [0.15, 0.2) is 0 Å². The van der Waals surface area contributed by atoms with Crippen molar-refractivity contribution in [1.29, 1.82) is 0 Å². The van der Waals surface area contributed by atoms with Gasteiger partial charge in [0.05, 0.1) is 4.92 Å². The van der Waals surface area contributed by atoms with Gasteiger partial charge in [-0.15, -0.1) is 0 Å². The molecule has 0 amide bonds. The first-order valence-corrected chi connectivity index (χ1v) is 7.13. The average molecular weight is 283 g/mol. The summed E-state index contributed by atoms with van der Waals surface area (Å²) in [5, 5.41) is 18.6. The molecule has 0 unspecified atom stereocenters. The zero-order valence-electron chi connectivity index (χ0n) is 12.8. The maximum atomic E-state index is 11.2. The van der Waals surface area contributed by atoms with Crippen LogP contribution in [0.5, 0.6) is 0 Å². The second-order valence-corrected chi connectivity index (χ2v) is 5.19. The lowest BCUT2D eigenvalue weighted by Crippen LogP contribution is -2.45. The van der Waals surface area contributed by atoms with Crippen molar-refractivity contribution in [3.63, 3.8) is 0 Å². The largest absolute Gasteiger partial charge is 0.363 e. The zero-order chi connectivity index (χ0) is 15.3. The van der Waals surface area contributed by atoms with E-state index in [9.17, 15) is 10.1 Å². The van der Waals surface area contributed by atoms with Crippen molar-refractivity contribution in [2.75, 3.05) is 11.9 Å². The predicted molar refractivity (Wildman–Crippen MR) is 79.9 cm³/mol. The summed E-state index contributed by atoms with van der Waals surface area (Å²) in [6.45, 7) is 8.85. The van der Waals surface area contributed by atoms with Crippen LogP contribution in [0.15, 0.2) is 0 Å². The lowest BCUT2D eigenvalue weighted by Gasteiger charge is -2.27. The summed E-state index contributed by atoms with van der Waals surface area (Å²) in [5.74, 6) is 0.464. The number of rotatable bonds is 8. The summed E-state index contributed by atoms with van der Waals surface area (Å²) in [6.07, 6.45) is 2.48. The molecule has 1 rings (SSSR count). The van der Waals surface area contributed by atoms with Crippen molar-refractivity contribution in [2.45, 2.75) is 59.0 Å². The lowest BCUT2D eigenvalue weighted by atomic mass is 9.94. The third kappa shape index (κ3) is 3.47. The first-order valence-electron chi connectivity index (χ1n) is 7.13. The molecule has 0 fully saturated rings. The summed E-state index contributed by atoms with van der Waals surface area (Å²) in [6, 6.07) is 0. The van der Waals surface area contributed by atoms with Gasteiger partial charge in [0.25, 0.3) is 0 Å². The van der Waals surface area contributed by atoms with Crippen molar-refractivity contribution < 1.29 is 4.92 Å². The van der Waals surface area contributed by atoms with Crippen molar-refractivity contribution in [1.82, 2.24) is 9.78 Å². The first-order chi connectivity index (χ1) is 9.38. The van der Waals surface area contributed by atoms with E-state index < -0.39 is 0 Å². The van der Waals surface area contributed by atoms with E-state index >= 15 is 0 Å². The van der Waals surface area contributed by atoms with Gasteiger partial charge in [-0.1, -0.05) is 20.8 Å². The van der Waals surface area contributed by atoms with Gasteiger partial charge < -0.3 is 11.1 Å². The van der Waals surface area contributed by atoms with E-state index in [-0.39, 0.29) is 16.1 Å². The molecule has 0 bridgehead atoms. The molecule has 0 aromatic carbocycles. The Morgan fingerprint density at radius 2 is 2.00 bits per heavy atom. The Morgan fingerprint density at radius 1 is 1.40 bits per heavy atom. The fraction of sp³-hybridized carbons (Fsp3) is 0.769. The average Bonchev–Trinajstić information content (AvgIpc) is 2.72. The van der Waals surface area contributed by atoms with Crippen LogP contribution in [0.3, 0.4) is 0 Å². The Bertz CT molecular complexity index is 466. The number of aryl methyl sites for hydroxylation is 2. The van der Waals surface area contributed by atoms with Gasteiger partial charge in [-0.3, -0.25) is 10.1 Å². The molecule has 114 valence electrons. The predicted octanol–water partition coefficient (Wildman–Crippen LogP) is 2.44. The fourth-order valence-electron chi connectivity index (χ4n) is 2.10. The van der Waals surface area contributed by atoms with Gasteiger partial charge in [-0.2, -0.15) is 5.10 Å². The number of hydrogen-bond donors (Lipinski definition) is 2. The van der Waals surface area contributed by atoms with E-state index in [1.807, 2.05) is 20.8 Å². The van der Waals surface area contributed by atoms with Gasteiger partial charge >= 0.3 is 5.69 Å². The Morgan fingerprint density at radius 3 is 2.45 bits per heavy atom. The third-order valence-electron chi connectivity index (χ3n) is 3.73. The second kappa shape index (κ2) is 6.69. The molecule has 0 aliphatic rings. The van der Waals surface area contributed by atoms with Gasteiger partial charge in [0.2, 0.25) is 5.82 Å². The molecule has 1 aromatic heterocycles. The van der Waals surface area contributed by atoms with Crippen LogP contribution >= 0.6 is 0 Å². The molecule has 3 N–H and O–H groups in total. The van der Waals surface area contributed by atoms with E-state index in [0.717, 1.165) is 19.3 Å². The molecule has 0 aliphatic heterocycles. The number of nitrogens with two attached hydrogens (primary N) is 1. The molecule has 7 heteroatoms. The number of anilines is 1. The molecule has 0 saturated carbocycles. The molecular weight excluding hydrogens is 258 g/mol. The molecule has 0 radical (unpaired) electrons. The van der Waals surface area contributed by atoms with Gasteiger partial charge in [0, 0.05) is 18.6 Å². The summed E-state index contributed by atoms with van der Waals surface area (Å²) >= 11 is 0. The van der Waals surface area contributed by atoms with Crippen LogP contribution in [0.25, 0.3) is 0 Å². The zero-order valence-corrected chi connectivity index (χ0v) is 12.8. The Hall–Kier alpha value is -1.63. The highest BCUT2D eigenvalue weighted by atomic mass is 16.6. The summed E-state index contributed by atoms with van der Waals surface area (Å²) in [5.41, 5.74) is 6.36. The number of nitro groups is 1. The van der Waals surface area contributed by atoms with Gasteiger partial charge in [-0.05, 0) is 26.2 Å². The van der Waals surface area contributed by atoms with Crippen molar-refractivity contribution in [3.8, 4) is 0 Å². The van der Waals surface area contributed by atoms with E-state index in [2.05, 4.69) is 10.4 Å².